The smallest absolute Gasteiger partial charge is 0.287 e. The molecule has 6 heteroatoms. The molecule has 0 saturated carbocycles. The highest BCUT2D eigenvalue weighted by Crippen LogP contribution is 2.21. The Morgan fingerprint density at radius 2 is 2.21 bits per heavy atom. The van der Waals surface area contributed by atoms with E-state index in [0.29, 0.717) is 23.9 Å². The Kier molecular flexibility index (Phi) is 5.68. The van der Waals surface area contributed by atoms with E-state index in [1.165, 1.54) is 5.56 Å². The summed E-state index contributed by atoms with van der Waals surface area (Å²) in [5, 5.41) is 13.2. The van der Waals surface area contributed by atoms with Gasteiger partial charge in [0.05, 0.1) is 0 Å². The van der Waals surface area contributed by atoms with Crippen LogP contribution in [-0.2, 0) is 13.1 Å². The maximum atomic E-state index is 12.5. The summed E-state index contributed by atoms with van der Waals surface area (Å²) in [6.45, 7) is 6.33. The van der Waals surface area contributed by atoms with Crippen LogP contribution in [0.25, 0.3) is 11.0 Å². The van der Waals surface area contributed by atoms with Crippen molar-refractivity contribution in [2.24, 2.45) is 5.92 Å². The zero-order valence-corrected chi connectivity index (χ0v) is 16.7. The second-order valence-corrected chi connectivity index (χ2v) is 7.73. The highest BCUT2D eigenvalue weighted by Gasteiger charge is 2.22. The van der Waals surface area contributed by atoms with Gasteiger partial charge in [-0.15, -0.1) is 0 Å². The number of benzene rings is 1. The van der Waals surface area contributed by atoms with Gasteiger partial charge in [-0.2, -0.15) is 5.26 Å². The monoisotopic (exact) mass is 390 g/mol. The number of carbonyl (C=O) groups excluding carboxylic acids is 1. The zero-order chi connectivity index (χ0) is 20.2. The summed E-state index contributed by atoms with van der Waals surface area (Å²) in [6.07, 6.45) is 4.30. The lowest BCUT2D eigenvalue weighted by molar-refractivity contribution is 0.0905. The second-order valence-electron chi connectivity index (χ2n) is 7.73. The Morgan fingerprint density at radius 1 is 1.34 bits per heavy atom. The van der Waals surface area contributed by atoms with Crippen molar-refractivity contribution in [3.05, 3.63) is 59.6 Å². The van der Waals surface area contributed by atoms with Gasteiger partial charge in [-0.3, -0.25) is 9.69 Å². The third kappa shape index (κ3) is 4.36. The number of furan rings is 1. The molecule has 150 valence electrons. The maximum absolute atomic E-state index is 12.5. The van der Waals surface area contributed by atoms with Crippen LogP contribution in [0.5, 0.6) is 0 Å². The third-order valence-corrected chi connectivity index (χ3v) is 5.62. The highest BCUT2D eigenvalue weighted by atomic mass is 16.3. The number of aromatic nitrogens is 1. The number of hydrogen-bond acceptors (Lipinski definition) is 4. The molecular formula is C23H26N4O2. The van der Waals surface area contributed by atoms with Crippen molar-refractivity contribution in [2.75, 3.05) is 19.6 Å². The Bertz CT molecular complexity index is 1010. The lowest BCUT2D eigenvalue weighted by Gasteiger charge is -2.32. The molecule has 0 bridgehead atoms. The van der Waals surface area contributed by atoms with Crippen LogP contribution in [0.15, 0.2) is 47.0 Å². The number of nitrogens with one attached hydrogen (secondary N) is 1. The summed E-state index contributed by atoms with van der Waals surface area (Å²) in [4.78, 5) is 14.9. The van der Waals surface area contributed by atoms with Crippen molar-refractivity contribution in [1.29, 1.82) is 5.26 Å². The van der Waals surface area contributed by atoms with Gasteiger partial charge in [-0.1, -0.05) is 18.2 Å². The minimum Gasteiger partial charge on any atom is -0.451 e. The lowest BCUT2D eigenvalue weighted by atomic mass is 9.97. The number of likely N-dealkylation sites (tertiary alicyclic amines) is 1. The van der Waals surface area contributed by atoms with Crippen LogP contribution in [-0.4, -0.2) is 35.0 Å². The molecule has 1 fully saturated rings. The number of para-hydroxylation sites is 1. The van der Waals surface area contributed by atoms with Crippen LogP contribution in [0.2, 0.25) is 0 Å². The average molecular weight is 390 g/mol. The van der Waals surface area contributed by atoms with Crippen molar-refractivity contribution >= 4 is 16.9 Å². The molecule has 2 aromatic heterocycles. The fraction of sp³-hybridized carbons (Fsp3) is 0.391. The van der Waals surface area contributed by atoms with E-state index < -0.39 is 0 Å². The molecule has 3 aromatic rings. The number of piperidine rings is 1. The number of hydrogen-bond donors (Lipinski definition) is 1. The van der Waals surface area contributed by atoms with E-state index >= 15 is 0 Å². The zero-order valence-electron chi connectivity index (χ0n) is 16.7. The number of rotatable bonds is 6. The third-order valence-electron chi connectivity index (χ3n) is 5.62. The number of aryl methyl sites for hydroxylation is 1. The minimum absolute atomic E-state index is 0.156. The number of nitrogens with zero attached hydrogens (tertiary/aromatic N) is 3. The van der Waals surface area contributed by atoms with Gasteiger partial charge in [-0.25, -0.2) is 0 Å². The summed E-state index contributed by atoms with van der Waals surface area (Å²) in [5.74, 6) is 0.626. The van der Waals surface area contributed by atoms with Gasteiger partial charge in [0, 0.05) is 37.8 Å². The van der Waals surface area contributed by atoms with E-state index in [1.54, 1.807) is 6.07 Å². The van der Waals surface area contributed by atoms with E-state index in [0.717, 1.165) is 50.0 Å². The van der Waals surface area contributed by atoms with Gasteiger partial charge in [0.25, 0.3) is 5.91 Å². The van der Waals surface area contributed by atoms with Crippen molar-refractivity contribution < 1.29 is 9.21 Å². The summed E-state index contributed by atoms with van der Waals surface area (Å²) in [5.41, 5.74) is 2.63. The Balaban J connectivity index is 1.32. The standard InChI is InChI=1S/C23H26N4O2/c1-2-27-16-18(10-20(27)12-24)15-26-9-5-6-17(14-26)13-25-23(28)22-11-19-7-3-4-8-21(19)29-22/h3-4,7-8,10-11,16-17H,2,5-6,9,13-15H2,1H3,(H,25,28). The molecule has 1 unspecified atom stereocenters. The molecule has 1 atom stereocenters. The molecule has 0 aliphatic carbocycles. The summed E-state index contributed by atoms with van der Waals surface area (Å²) in [7, 11) is 0. The summed E-state index contributed by atoms with van der Waals surface area (Å²) < 4.78 is 7.64. The first-order valence-corrected chi connectivity index (χ1v) is 10.2. The maximum Gasteiger partial charge on any atom is 0.287 e. The molecule has 29 heavy (non-hydrogen) atoms. The van der Waals surface area contributed by atoms with Crippen LogP contribution in [0.4, 0.5) is 0 Å². The summed E-state index contributed by atoms with van der Waals surface area (Å²) in [6, 6.07) is 13.7. The lowest BCUT2D eigenvalue weighted by Crippen LogP contribution is -2.40. The fourth-order valence-corrected chi connectivity index (χ4v) is 4.15. The highest BCUT2D eigenvalue weighted by molar-refractivity contribution is 5.96. The molecule has 1 aromatic carbocycles. The molecule has 4 rings (SSSR count). The normalized spacial score (nSPS) is 17.3. The number of amides is 1. The van der Waals surface area contributed by atoms with Gasteiger partial charge in [0.15, 0.2) is 5.76 Å². The molecule has 1 saturated heterocycles. The van der Waals surface area contributed by atoms with Crippen LogP contribution < -0.4 is 5.32 Å². The van der Waals surface area contributed by atoms with Gasteiger partial charge >= 0.3 is 0 Å². The first-order valence-electron chi connectivity index (χ1n) is 10.2. The Labute approximate surface area is 170 Å². The predicted molar refractivity (Wildman–Crippen MR) is 111 cm³/mol. The quantitative estimate of drug-likeness (QED) is 0.695. The van der Waals surface area contributed by atoms with Crippen LogP contribution >= 0.6 is 0 Å². The SMILES string of the molecule is CCn1cc(CN2CCCC(CNC(=O)c3cc4ccccc4o3)C2)cc1C#N. The first kappa shape index (κ1) is 19.3. The van der Waals surface area contributed by atoms with E-state index in [4.69, 9.17) is 4.42 Å². The van der Waals surface area contributed by atoms with Crippen LogP contribution in [0, 0.1) is 17.2 Å². The van der Waals surface area contributed by atoms with Crippen molar-refractivity contribution in [3.8, 4) is 6.07 Å². The molecule has 0 radical (unpaired) electrons. The molecule has 1 N–H and O–H groups in total. The van der Waals surface area contributed by atoms with E-state index in [2.05, 4.69) is 22.5 Å². The van der Waals surface area contributed by atoms with Crippen molar-refractivity contribution in [1.82, 2.24) is 14.8 Å². The van der Waals surface area contributed by atoms with Crippen LogP contribution in [0.3, 0.4) is 0 Å². The average Bonchev–Trinajstić information content (AvgIpc) is 3.35. The van der Waals surface area contributed by atoms with E-state index in [1.807, 2.05) is 41.8 Å². The fourth-order valence-electron chi connectivity index (χ4n) is 4.15. The largest absolute Gasteiger partial charge is 0.451 e. The molecular weight excluding hydrogens is 364 g/mol. The number of carbonyl (C=O) groups is 1. The minimum atomic E-state index is -0.156. The van der Waals surface area contributed by atoms with Gasteiger partial charge < -0.3 is 14.3 Å². The molecule has 6 nitrogen and oxygen atoms in total. The van der Waals surface area contributed by atoms with Crippen LogP contribution in [0.1, 0.15) is 41.6 Å². The van der Waals surface area contributed by atoms with Crippen molar-refractivity contribution in [2.45, 2.75) is 32.9 Å². The van der Waals surface area contributed by atoms with Gasteiger partial charge in [0.1, 0.15) is 17.3 Å². The number of fused-ring (bicyclic) bond motifs is 1. The topological polar surface area (TPSA) is 74.2 Å². The predicted octanol–water partition coefficient (Wildman–Crippen LogP) is 3.77. The second kappa shape index (κ2) is 8.54. The Morgan fingerprint density at radius 3 is 2.97 bits per heavy atom. The molecule has 1 aliphatic heterocycles. The van der Waals surface area contributed by atoms with Gasteiger partial charge in [-0.05, 0) is 56.0 Å². The summed E-state index contributed by atoms with van der Waals surface area (Å²) >= 11 is 0. The number of nitriles is 1. The van der Waals surface area contributed by atoms with Gasteiger partial charge in [0.2, 0.25) is 0 Å². The van der Waals surface area contributed by atoms with E-state index in [9.17, 15) is 10.1 Å². The Hall–Kier alpha value is -3.04. The van der Waals surface area contributed by atoms with E-state index in [-0.39, 0.29) is 5.91 Å². The molecule has 0 spiro atoms. The first-order chi connectivity index (χ1) is 14.2. The molecule has 1 aliphatic rings. The molecule has 1 amide bonds. The van der Waals surface area contributed by atoms with Crippen molar-refractivity contribution in [3.63, 3.8) is 0 Å². The molecule has 3 heterocycles.